The molecule has 2 saturated carbocycles. The molecule has 5 unspecified atom stereocenters. The van der Waals surface area contributed by atoms with Crippen LogP contribution in [0.15, 0.2) is 24.8 Å². The average molecular weight is 371 g/mol. The minimum atomic E-state index is 0.147. The first kappa shape index (κ1) is 19.2. The predicted molar refractivity (Wildman–Crippen MR) is 110 cm³/mol. The second-order valence-electron chi connectivity index (χ2n) is 9.21. The maximum absolute atomic E-state index is 15.4. The van der Waals surface area contributed by atoms with E-state index >= 15 is 4.39 Å². The fraction of sp³-hybridized carbons (Fsp3) is 0.680. The molecule has 0 heterocycles. The highest BCUT2D eigenvalue weighted by molar-refractivity contribution is 5.38. The maximum atomic E-state index is 15.4. The van der Waals surface area contributed by atoms with Crippen LogP contribution in [0.4, 0.5) is 4.39 Å². The normalized spacial score (nSPS) is 33.2. The first-order chi connectivity index (χ1) is 13.2. The second-order valence-corrected chi connectivity index (χ2v) is 9.21. The lowest BCUT2D eigenvalue weighted by molar-refractivity contribution is -0.00325. The molecule has 0 aliphatic heterocycles. The van der Waals surface area contributed by atoms with Gasteiger partial charge in [-0.15, -0.1) is 6.58 Å². The van der Waals surface area contributed by atoms with Crippen molar-refractivity contribution in [1.82, 2.24) is 0 Å². The molecule has 0 spiro atoms. The summed E-state index contributed by atoms with van der Waals surface area (Å²) in [7, 11) is 0. The molecule has 0 aromatic heterocycles. The SMILES string of the molecule is C=CCOC1CCC2CC(c3ccc4c(c3F)CCC(CC)C4)CCC2C1. The summed E-state index contributed by atoms with van der Waals surface area (Å²) in [4.78, 5) is 0. The van der Waals surface area contributed by atoms with E-state index < -0.39 is 0 Å². The summed E-state index contributed by atoms with van der Waals surface area (Å²) < 4.78 is 21.3. The Bertz CT molecular complexity index is 667. The van der Waals surface area contributed by atoms with E-state index in [1.165, 1.54) is 37.7 Å². The molecule has 4 rings (SSSR count). The van der Waals surface area contributed by atoms with Crippen LogP contribution < -0.4 is 0 Å². The van der Waals surface area contributed by atoms with E-state index in [9.17, 15) is 0 Å². The molecule has 0 amide bonds. The van der Waals surface area contributed by atoms with E-state index in [0.29, 0.717) is 18.6 Å². The van der Waals surface area contributed by atoms with E-state index in [0.717, 1.165) is 61.0 Å². The molecule has 1 nitrogen and oxygen atoms in total. The minimum absolute atomic E-state index is 0.147. The van der Waals surface area contributed by atoms with Crippen molar-refractivity contribution >= 4 is 0 Å². The number of benzene rings is 1. The topological polar surface area (TPSA) is 9.23 Å². The summed E-state index contributed by atoms with van der Waals surface area (Å²) in [5.74, 6) is 2.85. The Labute approximate surface area is 164 Å². The smallest absolute Gasteiger partial charge is 0.130 e. The monoisotopic (exact) mass is 370 g/mol. The molecule has 2 fully saturated rings. The van der Waals surface area contributed by atoms with Gasteiger partial charge in [-0.2, -0.15) is 0 Å². The summed E-state index contributed by atoms with van der Waals surface area (Å²) in [6, 6.07) is 4.39. The van der Waals surface area contributed by atoms with Crippen molar-refractivity contribution < 1.29 is 9.13 Å². The first-order valence-electron chi connectivity index (χ1n) is 11.2. The molecule has 0 saturated heterocycles. The number of fused-ring (bicyclic) bond motifs is 2. The Hall–Kier alpha value is -1.15. The van der Waals surface area contributed by atoms with Crippen molar-refractivity contribution in [2.45, 2.75) is 83.2 Å². The van der Waals surface area contributed by atoms with Gasteiger partial charge in [-0.25, -0.2) is 4.39 Å². The fourth-order valence-corrected chi connectivity index (χ4v) is 6.05. The molecule has 3 aliphatic rings. The summed E-state index contributed by atoms with van der Waals surface area (Å²) in [6.45, 7) is 6.69. The highest BCUT2D eigenvalue weighted by Gasteiger charge is 2.37. The Kier molecular flexibility index (Phi) is 6.02. The Morgan fingerprint density at radius 3 is 2.74 bits per heavy atom. The van der Waals surface area contributed by atoms with Crippen LogP contribution >= 0.6 is 0 Å². The van der Waals surface area contributed by atoms with Gasteiger partial charge in [0.25, 0.3) is 0 Å². The molecule has 1 aromatic carbocycles. The lowest BCUT2D eigenvalue weighted by Gasteiger charge is -2.42. The van der Waals surface area contributed by atoms with Crippen molar-refractivity contribution in [1.29, 1.82) is 0 Å². The van der Waals surface area contributed by atoms with Crippen molar-refractivity contribution in [2.24, 2.45) is 17.8 Å². The summed E-state index contributed by atoms with van der Waals surface area (Å²) in [6.07, 6.45) is 13.8. The van der Waals surface area contributed by atoms with E-state index in [4.69, 9.17) is 4.74 Å². The largest absolute Gasteiger partial charge is 0.374 e. The molecule has 27 heavy (non-hydrogen) atoms. The Morgan fingerprint density at radius 1 is 1.11 bits per heavy atom. The van der Waals surface area contributed by atoms with Gasteiger partial charge >= 0.3 is 0 Å². The van der Waals surface area contributed by atoms with Crippen molar-refractivity contribution in [2.75, 3.05) is 6.61 Å². The van der Waals surface area contributed by atoms with E-state index in [1.807, 2.05) is 6.08 Å². The van der Waals surface area contributed by atoms with Gasteiger partial charge in [-0.3, -0.25) is 0 Å². The van der Waals surface area contributed by atoms with Gasteiger partial charge in [-0.1, -0.05) is 31.6 Å². The Balaban J connectivity index is 1.43. The van der Waals surface area contributed by atoms with Gasteiger partial charge in [0, 0.05) is 0 Å². The second kappa shape index (κ2) is 8.47. The molecule has 0 N–H and O–H groups in total. The van der Waals surface area contributed by atoms with Crippen molar-refractivity contribution in [3.8, 4) is 0 Å². The van der Waals surface area contributed by atoms with Gasteiger partial charge < -0.3 is 4.74 Å². The van der Waals surface area contributed by atoms with Gasteiger partial charge in [0.2, 0.25) is 0 Å². The highest BCUT2D eigenvalue weighted by Crippen LogP contribution is 2.47. The summed E-state index contributed by atoms with van der Waals surface area (Å²) in [5.41, 5.74) is 3.34. The van der Waals surface area contributed by atoms with E-state index in [1.54, 1.807) is 0 Å². The van der Waals surface area contributed by atoms with Crippen LogP contribution in [0.1, 0.15) is 80.9 Å². The zero-order chi connectivity index (χ0) is 18.8. The van der Waals surface area contributed by atoms with Crippen LogP contribution in [-0.2, 0) is 17.6 Å². The lowest BCUT2D eigenvalue weighted by atomic mass is 9.65. The molecule has 1 aromatic rings. The van der Waals surface area contributed by atoms with Crippen LogP contribution in [0.25, 0.3) is 0 Å². The standard InChI is InChI=1S/C25H35FO/c1-3-13-27-22-10-8-18-15-21(7-6-19(18)16-22)24-12-9-20-14-17(4-2)5-11-23(20)25(24)26/h3,9,12,17-19,21-22H,1,4-8,10-11,13-16H2,2H3. The molecular formula is C25H35FO. The zero-order valence-electron chi connectivity index (χ0n) is 16.9. The highest BCUT2D eigenvalue weighted by atomic mass is 19.1. The maximum Gasteiger partial charge on any atom is 0.130 e. The average Bonchev–Trinajstić information content (AvgIpc) is 2.71. The third kappa shape index (κ3) is 4.01. The van der Waals surface area contributed by atoms with E-state index in [-0.39, 0.29) is 5.82 Å². The van der Waals surface area contributed by atoms with Crippen molar-refractivity contribution in [3.63, 3.8) is 0 Å². The predicted octanol–water partition coefficient (Wildman–Crippen LogP) is 6.60. The van der Waals surface area contributed by atoms with Gasteiger partial charge in [0.1, 0.15) is 5.82 Å². The molecule has 148 valence electrons. The number of halogens is 1. The molecule has 0 bridgehead atoms. The third-order valence-corrected chi connectivity index (χ3v) is 7.71. The van der Waals surface area contributed by atoms with Crippen molar-refractivity contribution in [3.05, 3.63) is 47.3 Å². The van der Waals surface area contributed by atoms with E-state index in [2.05, 4.69) is 25.6 Å². The van der Waals surface area contributed by atoms with Crippen LogP contribution in [0, 0.1) is 23.6 Å². The number of hydrogen-bond acceptors (Lipinski definition) is 1. The molecule has 2 heteroatoms. The summed E-state index contributed by atoms with van der Waals surface area (Å²) >= 11 is 0. The quantitative estimate of drug-likeness (QED) is 0.531. The third-order valence-electron chi connectivity index (χ3n) is 7.71. The van der Waals surface area contributed by atoms with Gasteiger partial charge in [0.15, 0.2) is 0 Å². The van der Waals surface area contributed by atoms with Crippen LogP contribution in [0.5, 0.6) is 0 Å². The zero-order valence-corrected chi connectivity index (χ0v) is 16.9. The van der Waals surface area contributed by atoms with Gasteiger partial charge in [0.05, 0.1) is 12.7 Å². The number of rotatable bonds is 5. The molecule has 5 atom stereocenters. The van der Waals surface area contributed by atoms with Gasteiger partial charge in [-0.05, 0) is 98.1 Å². The van der Waals surface area contributed by atoms with Crippen LogP contribution in [0.2, 0.25) is 0 Å². The first-order valence-corrected chi connectivity index (χ1v) is 11.2. The lowest BCUT2D eigenvalue weighted by Crippen LogP contribution is -2.34. The minimum Gasteiger partial charge on any atom is -0.374 e. The van der Waals surface area contributed by atoms with Crippen LogP contribution in [0.3, 0.4) is 0 Å². The summed E-state index contributed by atoms with van der Waals surface area (Å²) in [5, 5.41) is 0. The number of ether oxygens (including phenoxy) is 1. The Morgan fingerprint density at radius 2 is 1.93 bits per heavy atom. The number of hydrogen-bond donors (Lipinski definition) is 0. The molecule has 0 radical (unpaired) electrons. The fourth-order valence-electron chi connectivity index (χ4n) is 6.05. The van der Waals surface area contributed by atoms with Crippen LogP contribution in [-0.4, -0.2) is 12.7 Å². The molecular weight excluding hydrogens is 335 g/mol. The molecule has 3 aliphatic carbocycles.